The summed E-state index contributed by atoms with van der Waals surface area (Å²) in [7, 11) is 0. The number of halogens is 4. The fourth-order valence-electron chi connectivity index (χ4n) is 11.9. The Morgan fingerprint density at radius 3 is 0.733 bits per heavy atom. The summed E-state index contributed by atoms with van der Waals surface area (Å²) in [6.45, 7) is 0. The molecule has 20 unspecified atom stereocenters. The van der Waals surface area contributed by atoms with Crippen molar-refractivity contribution >= 4 is 46.4 Å². The minimum absolute atomic E-state index is 0. The van der Waals surface area contributed by atoms with E-state index >= 15 is 0 Å². The smallest absolute Gasteiger partial charge is 0.0681 e. The van der Waals surface area contributed by atoms with E-state index < -0.39 is 0 Å². The molecule has 9 rings (SSSR count). The van der Waals surface area contributed by atoms with Crippen LogP contribution in [0.25, 0.3) is 0 Å². The molecular weight excluding hydrogens is 702 g/mol. The average Bonchev–Trinajstić information content (AvgIpc) is 3.78. The van der Waals surface area contributed by atoms with E-state index in [2.05, 4.69) is 42.5 Å². The maximum atomic E-state index is 7.23. The molecule has 20 atom stereocenters. The van der Waals surface area contributed by atoms with E-state index in [1.165, 1.54) is 77.0 Å². The third kappa shape index (κ3) is 5.70. The SMILES string of the molecule is ClC1C(Cl)C(Cl)C2C3NC4NC(NC5NC(NC6NC(NC(N3)C2C1Cl)C1CCCCC61)C1CCCCC51)C1CCCCC41.[Cu]. The van der Waals surface area contributed by atoms with Gasteiger partial charge < -0.3 is 0 Å². The standard InChI is InChI=1S/C32H52Cl4N8.Cu/c33-21-19-20(22(34)24(36)23(21)35)32-43-30-18-12-6-4-10-16(18)28(41-30)39-26-14-8-2-1-7-13(14)25(37-26)38-27-15-9-3-5-11-17(15)29(40-27)42-31(19)44-32;/h13-32,37-44H,1-12H2;. The van der Waals surface area contributed by atoms with Gasteiger partial charge in [0.1, 0.15) is 0 Å². The Balaban J connectivity index is 0.00000300. The van der Waals surface area contributed by atoms with E-state index in [0.717, 1.165) is 0 Å². The first-order chi connectivity index (χ1) is 21.5. The number of rotatable bonds is 0. The minimum Gasteiger partial charge on any atom is -0.286 e. The summed E-state index contributed by atoms with van der Waals surface area (Å²) < 4.78 is 0. The summed E-state index contributed by atoms with van der Waals surface area (Å²) in [5.41, 5.74) is 0. The molecule has 0 aromatic carbocycles. The normalized spacial score (nSPS) is 58.9. The first kappa shape index (κ1) is 33.5. The predicted molar refractivity (Wildman–Crippen MR) is 177 cm³/mol. The van der Waals surface area contributed by atoms with Crippen LogP contribution >= 0.6 is 46.4 Å². The van der Waals surface area contributed by atoms with Crippen molar-refractivity contribution in [3.8, 4) is 0 Å². The van der Waals surface area contributed by atoms with Crippen LogP contribution in [-0.2, 0) is 17.1 Å². The Labute approximate surface area is 299 Å². The van der Waals surface area contributed by atoms with Gasteiger partial charge in [0.2, 0.25) is 0 Å². The molecule has 4 aliphatic carbocycles. The third-order valence-corrected chi connectivity index (χ3v) is 16.5. The number of nitrogens with one attached hydrogen (secondary N) is 8. The van der Waals surface area contributed by atoms with Crippen molar-refractivity contribution < 1.29 is 17.1 Å². The molecule has 0 amide bonds. The molecule has 8 N–H and O–H groups in total. The van der Waals surface area contributed by atoms with E-state index in [-0.39, 0.29) is 75.1 Å². The third-order valence-electron chi connectivity index (χ3n) is 13.9. The second kappa shape index (κ2) is 13.5. The number of hydrogen-bond acceptors (Lipinski definition) is 8. The van der Waals surface area contributed by atoms with E-state index in [1.54, 1.807) is 0 Å². The Hall–Kier alpha value is 1.36. The molecule has 1 radical (unpaired) electrons. The number of alkyl halides is 4. The summed E-state index contributed by atoms with van der Waals surface area (Å²) in [5.74, 6) is 3.88. The van der Waals surface area contributed by atoms with E-state index in [0.29, 0.717) is 60.2 Å². The topological polar surface area (TPSA) is 96.2 Å². The average molecular weight is 754 g/mol. The molecule has 13 heteroatoms. The van der Waals surface area contributed by atoms with Gasteiger partial charge >= 0.3 is 0 Å². The zero-order valence-corrected chi connectivity index (χ0v) is 29.8. The molecular formula is C32H52Cl4CuN8. The Morgan fingerprint density at radius 1 is 0.289 bits per heavy atom. The molecule has 5 heterocycles. The molecule has 259 valence electrons. The summed E-state index contributed by atoms with van der Waals surface area (Å²) in [5, 5.41) is 31.7. The van der Waals surface area contributed by atoms with Crippen LogP contribution in [0.3, 0.4) is 0 Å². The summed E-state index contributed by atoms with van der Waals surface area (Å²) in [4.78, 5) is 0. The van der Waals surface area contributed by atoms with Crippen molar-refractivity contribution in [2.45, 2.75) is 148 Å². The molecule has 5 aliphatic heterocycles. The van der Waals surface area contributed by atoms with Gasteiger partial charge in [-0.2, -0.15) is 0 Å². The van der Waals surface area contributed by atoms with Gasteiger partial charge in [-0.15, -0.1) is 46.4 Å². The molecule has 45 heavy (non-hydrogen) atoms. The van der Waals surface area contributed by atoms with Crippen molar-refractivity contribution in [1.29, 1.82) is 0 Å². The van der Waals surface area contributed by atoms with E-state index in [4.69, 9.17) is 46.4 Å². The summed E-state index contributed by atoms with van der Waals surface area (Å²) in [6, 6.07) is 0. The van der Waals surface area contributed by atoms with Gasteiger partial charge in [-0.3, -0.25) is 42.5 Å². The van der Waals surface area contributed by atoms with Gasteiger partial charge in [0.15, 0.2) is 0 Å². The maximum absolute atomic E-state index is 7.23. The second-order valence-electron chi connectivity index (χ2n) is 15.9. The minimum atomic E-state index is -0.375. The van der Waals surface area contributed by atoms with Crippen molar-refractivity contribution in [1.82, 2.24) is 42.5 Å². The van der Waals surface area contributed by atoms with Gasteiger partial charge in [-0.1, -0.05) is 38.5 Å². The van der Waals surface area contributed by atoms with Crippen LogP contribution in [0.4, 0.5) is 0 Å². The molecule has 0 aromatic heterocycles. The molecule has 8 nitrogen and oxygen atoms in total. The molecule has 8 bridgehead atoms. The summed E-state index contributed by atoms with van der Waals surface area (Å²) in [6.07, 6.45) is 17.3. The zero-order valence-electron chi connectivity index (χ0n) is 25.8. The Kier molecular flexibility index (Phi) is 10.0. The Bertz CT molecular complexity index is 989. The number of hydrogen-bond donors (Lipinski definition) is 8. The van der Waals surface area contributed by atoms with Gasteiger partial charge in [0.05, 0.1) is 70.8 Å². The fraction of sp³-hybridized carbons (Fsp3) is 1.00. The van der Waals surface area contributed by atoms with Crippen molar-refractivity contribution in [3.63, 3.8) is 0 Å². The monoisotopic (exact) mass is 751 g/mol. The first-order valence-electron chi connectivity index (χ1n) is 18.1. The van der Waals surface area contributed by atoms with Crippen molar-refractivity contribution in [2.75, 3.05) is 0 Å². The molecule has 5 saturated heterocycles. The van der Waals surface area contributed by atoms with E-state index in [1.807, 2.05) is 0 Å². The molecule has 0 aromatic rings. The van der Waals surface area contributed by atoms with Crippen LogP contribution in [0, 0.1) is 47.3 Å². The zero-order chi connectivity index (χ0) is 29.7. The van der Waals surface area contributed by atoms with Crippen LogP contribution in [0.15, 0.2) is 0 Å². The van der Waals surface area contributed by atoms with Crippen LogP contribution in [0.2, 0.25) is 0 Å². The molecule has 4 saturated carbocycles. The quantitative estimate of drug-likeness (QED) is 0.141. The van der Waals surface area contributed by atoms with Crippen molar-refractivity contribution in [2.24, 2.45) is 47.3 Å². The fourth-order valence-corrected chi connectivity index (χ4v) is 13.7. The molecule has 0 spiro atoms. The first-order valence-corrected chi connectivity index (χ1v) is 19.9. The van der Waals surface area contributed by atoms with Crippen LogP contribution in [-0.4, -0.2) is 70.8 Å². The number of fused-ring (bicyclic) bond motifs is 20. The molecule has 9 fully saturated rings. The van der Waals surface area contributed by atoms with Crippen LogP contribution < -0.4 is 42.5 Å². The molecule has 9 aliphatic rings. The van der Waals surface area contributed by atoms with Gasteiger partial charge in [-0.25, -0.2) is 0 Å². The van der Waals surface area contributed by atoms with Gasteiger partial charge in [0, 0.05) is 28.9 Å². The summed E-state index contributed by atoms with van der Waals surface area (Å²) >= 11 is 28.3. The van der Waals surface area contributed by atoms with E-state index in [9.17, 15) is 0 Å². The predicted octanol–water partition coefficient (Wildman–Crippen LogP) is 3.47. The van der Waals surface area contributed by atoms with Gasteiger partial charge in [0.25, 0.3) is 0 Å². The largest absolute Gasteiger partial charge is 0.286 e. The Morgan fingerprint density at radius 2 is 0.489 bits per heavy atom. The maximum Gasteiger partial charge on any atom is 0.0681 e. The van der Waals surface area contributed by atoms with Crippen molar-refractivity contribution in [3.05, 3.63) is 0 Å². The van der Waals surface area contributed by atoms with Gasteiger partial charge in [-0.05, 0) is 74.0 Å². The van der Waals surface area contributed by atoms with Crippen LogP contribution in [0.5, 0.6) is 0 Å². The second-order valence-corrected chi connectivity index (χ2v) is 17.9. The van der Waals surface area contributed by atoms with Crippen LogP contribution in [0.1, 0.15) is 77.0 Å².